The maximum atomic E-state index is 14.2. The average Bonchev–Trinajstić information content (AvgIpc) is 2.95. The number of benzene rings is 2. The van der Waals surface area contributed by atoms with Crippen LogP contribution in [0, 0.1) is 5.82 Å². The van der Waals surface area contributed by atoms with Crippen LogP contribution in [0.15, 0.2) is 58.4 Å². The highest BCUT2D eigenvalue weighted by Crippen LogP contribution is 2.40. The standard InChI is InChI=1S/C21H17BrFNO3S2/c1-3-9-27-19-14(22)10-13(11-17(19)26-4-2)12-18-20(25)24(21(28)29-18)16-8-6-5-7-15(16)23/h3,5-8,10-12H,1,4,9H2,2H3/b18-12-. The van der Waals surface area contributed by atoms with Crippen molar-refractivity contribution in [3.05, 3.63) is 69.8 Å². The molecule has 2 aromatic rings. The zero-order valence-corrected chi connectivity index (χ0v) is 18.7. The fraction of sp³-hybridized carbons (Fsp3) is 0.143. The molecule has 0 saturated carbocycles. The van der Waals surface area contributed by atoms with Gasteiger partial charge in [-0.15, -0.1) is 0 Å². The van der Waals surface area contributed by atoms with Gasteiger partial charge in [-0.2, -0.15) is 0 Å². The van der Waals surface area contributed by atoms with Crippen LogP contribution >= 0.6 is 39.9 Å². The van der Waals surface area contributed by atoms with Crippen molar-refractivity contribution >= 4 is 61.9 Å². The van der Waals surface area contributed by atoms with Gasteiger partial charge in [0, 0.05) is 0 Å². The minimum absolute atomic E-state index is 0.141. The minimum atomic E-state index is -0.504. The van der Waals surface area contributed by atoms with E-state index in [1.807, 2.05) is 13.0 Å². The number of hydrogen-bond acceptors (Lipinski definition) is 5. The Kier molecular flexibility index (Phi) is 7.10. The van der Waals surface area contributed by atoms with Crippen LogP contribution in [0.3, 0.4) is 0 Å². The van der Waals surface area contributed by atoms with Gasteiger partial charge in [-0.05, 0) is 58.8 Å². The first-order chi connectivity index (χ1) is 14.0. The van der Waals surface area contributed by atoms with Gasteiger partial charge in [-0.3, -0.25) is 9.69 Å². The molecule has 0 bridgehead atoms. The number of rotatable bonds is 7. The predicted octanol–water partition coefficient (Wildman–Crippen LogP) is 5.96. The quantitative estimate of drug-likeness (QED) is 0.270. The van der Waals surface area contributed by atoms with Crippen LogP contribution in [0.2, 0.25) is 0 Å². The van der Waals surface area contributed by atoms with Crippen molar-refractivity contribution < 1.29 is 18.7 Å². The van der Waals surface area contributed by atoms with E-state index in [9.17, 15) is 9.18 Å². The number of hydrogen-bond donors (Lipinski definition) is 0. The van der Waals surface area contributed by atoms with Crippen LogP contribution in [0.4, 0.5) is 10.1 Å². The molecule has 4 nitrogen and oxygen atoms in total. The molecular formula is C21H17BrFNO3S2. The van der Waals surface area contributed by atoms with Gasteiger partial charge in [-0.1, -0.05) is 48.8 Å². The van der Waals surface area contributed by atoms with E-state index in [0.717, 1.165) is 17.3 Å². The highest BCUT2D eigenvalue weighted by Gasteiger charge is 2.34. The van der Waals surface area contributed by atoms with Gasteiger partial charge in [0.1, 0.15) is 12.4 Å². The minimum Gasteiger partial charge on any atom is -0.490 e. The Balaban J connectivity index is 1.96. The third kappa shape index (κ3) is 4.71. The highest BCUT2D eigenvalue weighted by atomic mass is 79.9. The van der Waals surface area contributed by atoms with E-state index in [2.05, 4.69) is 22.5 Å². The Morgan fingerprint density at radius 3 is 2.76 bits per heavy atom. The van der Waals surface area contributed by atoms with Gasteiger partial charge in [0.2, 0.25) is 0 Å². The largest absolute Gasteiger partial charge is 0.490 e. The zero-order chi connectivity index (χ0) is 21.0. The van der Waals surface area contributed by atoms with E-state index in [0.29, 0.717) is 34.1 Å². The maximum Gasteiger partial charge on any atom is 0.270 e. The number of para-hydroxylation sites is 1. The van der Waals surface area contributed by atoms with Gasteiger partial charge in [-0.25, -0.2) is 4.39 Å². The molecule has 0 spiro atoms. The fourth-order valence-corrected chi connectivity index (χ4v) is 4.54. The molecule has 1 aliphatic heterocycles. The van der Waals surface area contributed by atoms with Crippen molar-refractivity contribution in [3.63, 3.8) is 0 Å². The van der Waals surface area contributed by atoms with E-state index in [4.69, 9.17) is 21.7 Å². The number of halogens is 2. The summed E-state index contributed by atoms with van der Waals surface area (Å²) in [5.41, 5.74) is 0.864. The number of thiocarbonyl (C=S) groups is 1. The first-order valence-corrected chi connectivity index (χ1v) is 10.7. The number of ether oxygens (including phenoxy) is 2. The van der Waals surface area contributed by atoms with Crippen LogP contribution in [-0.2, 0) is 4.79 Å². The monoisotopic (exact) mass is 493 g/mol. The molecule has 1 amide bonds. The Bertz CT molecular complexity index is 1010. The molecule has 1 aliphatic rings. The molecule has 150 valence electrons. The first kappa shape index (κ1) is 21.5. The molecule has 3 rings (SSSR count). The molecule has 0 aromatic heterocycles. The Hall–Kier alpha value is -2.16. The van der Waals surface area contributed by atoms with Crippen molar-refractivity contribution in [2.45, 2.75) is 6.92 Å². The van der Waals surface area contributed by atoms with Crippen LogP contribution in [-0.4, -0.2) is 23.4 Å². The zero-order valence-electron chi connectivity index (χ0n) is 15.5. The second-order valence-corrected chi connectivity index (χ2v) is 8.36. The molecule has 0 unspecified atom stereocenters. The molecule has 0 atom stereocenters. The van der Waals surface area contributed by atoms with Gasteiger partial charge < -0.3 is 9.47 Å². The lowest BCUT2D eigenvalue weighted by molar-refractivity contribution is -0.113. The average molecular weight is 494 g/mol. The van der Waals surface area contributed by atoms with Crippen molar-refractivity contribution in [2.75, 3.05) is 18.1 Å². The summed E-state index contributed by atoms with van der Waals surface area (Å²) in [6.45, 7) is 6.31. The molecule has 1 heterocycles. The predicted molar refractivity (Wildman–Crippen MR) is 123 cm³/mol. The number of thioether (sulfide) groups is 1. The summed E-state index contributed by atoms with van der Waals surface area (Å²) in [5, 5.41) is 0. The van der Waals surface area contributed by atoms with E-state index in [-0.39, 0.29) is 15.9 Å². The summed E-state index contributed by atoms with van der Waals surface area (Å²) in [7, 11) is 0. The molecule has 0 radical (unpaired) electrons. The molecule has 1 fully saturated rings. The SMILES string of the molecule is C=CCOc1c(Br)cc(/C=C2\SC(=S)N(c3ccccc3F)C2=O)cc1OCC. The molecule has 2 aromatic carbocycles. The summed E-state index contributed by atoms with van der Waals surface area (Å²) in [6.07, 6.45) is 3.34. The summed E-state index contributed by atoms with van der Waals surface area (Å²) >= 11 is 9.92. The van der Waals surface area contributed by atoms with Crippen molar-refractivity contribution in [1.82, 2.24) is 0 Å². The van der Waals surface area contributed by atoms with E-state index in [1.54, 1.807) is 30.4 Å². The lowest BCUT2D eigenvalue weighted by Gasteiger charge is -2.15. The van der Waals surface area contributed by atoms with Crippen LogP contribution in [0.1, 0.15) is 12.5 Å². The fourth-order valence-electron chi connectivity index (χ4n) is 2.68. The molecular weight excluding hydrogens is 477 g/mol. The highest BCUT2D eigenvalue weighted by molar-refractivity contribution is 9.10. The second kappa shape index (κ2) is 9.56. The van der Waals surface area contributed by atoms with Crippen molar-refractivity contribution in [1.29, 1.82) is 0 Å². The molecule has 29 heavy (non-hydrogen) atoms. The molecule has 1 saturated heterocycles. The third-order valence-electron chi connectivity index (χ3n) is 3.86. The van der Waals surface area contributed by atoms with Gasteiger partial charge >= 0.3 is 0 Å². The van der Waals surface area contributed by atoms with Gasteiger partial charge in [0.05, 0.1) is 21.7 Å². The topological polar surface area (TPSA) is 38.8 Å². The normalized spacial score (nSPS) is 15.1. The molecule has 0 aliphatic carbocycles. The van der Waals surface area contributed by atoms with Crippen LogP contribution < -0.4 is 14.4 Å². The first-order valence-electron chi connectivity index (χ1n) is 8.68. The lowest BCUT2D eigenvalue weighted by atomic mass is 10.1. The van der Waals surface area contributed by atoms with E-state index < -0.39 is 5.82 Å². The van der Waals surface area contributed by atoms with E-state index >= 15 is 0 Å². The Labute approximate surface area is 186 Å². The molecule has 8 heteroatoms. The number of nitrogens with zero attached hydrogens (tertiary/aromatic N) is 1. The van der Waals surface area contributed by atoms with Crippen LogP contribution in [0.25, 0.3) is 6.08 Å². The molecule has 0 N–H and O–H groups in total. The Morgan fingerprint density at radius 2 is 2.07 bits per heavy atom. The smallest absolute Gasteiger partial charge is 0.270 e. The lowest BCUT2D eigenvalue weighted by Crippen LogP contribution is -2.28. The summed E-state index contributed by atoms with van der Waals surface area (Å²) in [4.78, 5) is 14.5. The number of anilines is 1. The summed E-state index contributed by atoms with van der Waals surface area (Å²) in [6, 6.07) is 9.64. The summed E-state index contributed by atoms with van der Waals surface area (Å²) < 4.78 is 26.5. The Morgan fingerprint density at radius 1 is 1.31 bits per heavy atom. The third-order valence-corrected chi connectivity index (χ3v) is 5.75. The van der Waals surface area contributed by atoms with Crippen molar-refractivity contribution in [3.8, 4) is 11.5 Å². The van der Waals surface area contributed by atoms with Gasteiger partial charge in [0.15, 0.2) is 15.8 Å². The number of carbonyl (C=O) groups excluding carboxylic acids is 1. The van der Waals surface area contributed by atoms with E-state index in [1.165, 1.54) is 17.0 Å². The maximum absolute atomic E-state index is 14.2. The van der Waals surface area contributed by atoms with Crippen LogP contribution in [0.5, 0.6) is 11.5 Å². The van der Waals surface area contributed by atoms with Gasteiger partial charge in [0.25, 0.3) is 5.91 Å². The number of amides is 1. The second-order valence-electron chi connectivity index (χ2n) is 5.83. The van der Waals surface area contributed by atoms with Crippen molar-refractivity contribution in [2.24, 2.45) is 0 Å². The summed E-state index contributed by atoms with van der Waals surface area (Å²) in [5.74, 6) is 0.226. The number of carbonyl (C=O) groups is 1.